The van der Waals surface area contributed by atoms with Crippen molar-refractivity contribution in [3.05, 3.63) is 59.7 Å². The van der Waals surface area contributed by atoms with E-state index < -0.39 is 12.8 Å². The lowest BCUT2D eigenvalue weighted by Crippen LogP contribution is -2.38. The Morgan fingerprint density at radius 3 is 2.33 bits per heavy atom. The third-order valence-corrected chi connectivity index (χ3v) is 4.25. The van der Waals surface area contributed by atoms with Crippen molar-refractivity contribution in [2.24, 2.45) is 4.99 Å². The second-order valence-electron chi connectivity index (χ2n) is 6.50. The summed E-state index contributed by atoms with van der Waals surface area (Å²) in [4.78, 5) is 4.20. The molecule has 2 aromatic carbocycles. The van der Waals surface area contributed by atoms with Crippen LogP contribution in [0.2, 0.25) is 0 Å². The first-order chi connectivity index (χ1) is 13.8. The monoisotopic (exact) mass is 537 g/mol. The van der Waals surface area contributed by atoms with Crippen molar-refractivity contribution in [2.45, 2.75) is 25.6 Å². The molecule has 0 heterocycles. The third kappa shape index (κ3) is 8.68. The Labute approximate surface area is 192 Å². The Balaban J connectivity index is 0.00000450. The van der Waals surface area contributed by atoms with E-state index in [-0.39, 0.29) is 35.6 Å². The second-order valence-corrected chi connectivity index (χ2v) is 6.50. The molecular weight excluding hydrogens is 510 g/mol. The zero-order chi connectivity index (χ0) is 21.3. The summed E-state index contributed by atoms with van der Waals surface area (Å²) in [6, 6.07) is 14.3. The van der Waals surface area contributed by atoms with E-state index in [1.165, 1.54) is 12.1 Å². The summed E-state index contributed by atoms with van der Waals surface area (Å²) in [6.07, 6.45) is -4.35. The molecule has 0 spiro atoms. The third-order valence-electron chi connectivity index (χ3n) is 4.25. The van der Waals surface area contributed by atoms with Gasteiger partial charge in [0.2, 0.25) is 0 Å². The lowest BCUT2D eigenvalue weighted by Gasteiger charge is -2.18. The minimum atomic E-state index is -4.35. The Morgan fingerprint density at radius 1 is 1.07 bits per heavy atom. The van der Waals surface area contributed by atoms with Gasteiger partial charge in [0, 0.05) is 26.1 Å². The van der Waals surface area contributed by atoms with E-state index in [2.05, 4.69) is 22.5 Å². The van der Waals surface area contributed by atoms with E-state index in [0.29, 0.717) is 19.0 Å². The van der Waals surface area contributed by atoms with Crippen LogP contribution in [-0.2, 0) is 6.54 Å². The molecule has 1 atom stereocenters. The summed E-state index contributed by atoms with van der Waals surface area (Å²) in [5, 5.41) is 6.45. The number of alkyl halides is 3. The highest BCUT2D eigenvalue weighted by Gasteiger charge is 2.28. The van der Waals surface area contributed by atoms with E-state index in [9.17, 15) is 13.2 Å². The molecule has 0 saturated carbocycles. The van der Waals surface area contributed by atoms with E-state index in [1.54, 1.807) is 26.3 Å². The maximum absolute atomic E-state index is 12.2. The van der Waals surface area contributed by atoms with Crippen molar-refractivity contribution >= 4 is 29.9 Å². The molecule has 0 fully saturated rings. The molecule has 0 aliphatic rings. The fourth-order valence-electron chi connectivity index (χ4n) is 2.71. The van der Waals surface area contributed by atoms with Gasteiger partial charge in [0.05, 0.1) is 7.11 Å². The summed E-state index contributed by atoms with van der Waals surface area (Å²) in [7, 11) is 3.33. The normalized spacial score (nSPS) is 12.5. The second kappa shape index (κ2) is 12.5. The number of hydrogen-bond donors (Lipinski definition) is 2. The minimum absolute atomic E-state index is 0. The van der Waals surface area contributed by atoms with E-state index in [0.717, 1.165) is 16.9 Å². The van der Waals surface area contributed by atoms with Gasteiger partial charge in [-0.05, 0) is 29.3 Å². The number of para-hydroxylation sites is 1. The molecule has 166 valence electrons. The molecule has 0 aromatic heterocycles. The SMILES string of the molecule is CN=C(NCc1ccc(OCC(F)(F)F)cc1)NCC(C)c1ccccc1OC.I. The predicted octanol–water partition coefficient (Wildman–Crippen LogP) is 4.72. The van der Waals surface area contributed by atoms with E-state index >= 15 is 0 Å². The minimum Gasteiger partial charge on any atom is -0.496 e. The smallest absolute Gasteiger partial charge is 0.422 e. The van der Waals surface area contributed by atoms with Crippen LogP contribution in [-0.4, -0.2) is 39.4 Å². The molecule has 9 heteroatoms. The molecular formula is C21H27F3IN3O2. The molecule has 30 heavy (non-hydrogen) atoms. The standard InChI is InChI=1S/C21H26F3N3O2.HI/c1-15(18-6-4-5-7-19(18)28-3)12-26-20(25-2)27-13-16-8-10-17(11-9-16)29-14-21(22,23)24;/h4-11,15H,12-14H2,1-3H3,(H2,25,26,27);1H. The lowest BCUT2D eigenvalue weighted by molar-refractivity contribution is -0.153. The van der Waals surface area contributed by atoms with Gasteiger partial charge in [0.25, 0.3) is 0 Å². The molecule has 0 amide bonds. The summed E-state index contributed by atoms with van der Waals surface area (Å²) in [5.41, 5.74) is 2.00. The molecule has 0 bridgehead atoms. The average Bonchev–Trinajstić information content (AvgIpc) is 2.72. The Kier molecular flexibility index (Phi) is 10.8. The summed E-state index contributed by atoms with van der Waals surface area (Å²) in [5.74, 6) is 1.86. The van der Waals surface area contributed by atoms with Crippen LogP contribution in [0.4, 0.5) is 13.2 Å². The summed E-state index contributed by atoms with van der Waals surface area (Å²) in [6.45, 7) is 1.93. The van der Waals surface area contributed by atoms with Crippen LogP contribution in [0.25, 0.3) is 0 Å². The maximum atomic E-state index is 12.2. The van der Waals surface area contributed by atoms with Gasteiger partial charge in [0.15, 0.2) is 12.6 Å². The van der Waals surface area contributed by atoms with Crippen LogP contribution >= 0.6 is 24.0 Å². The zero-order valence-corrected chi connectivity index (χ0v) is 19.5. The first-order valence-corrected chi connectivity index (χ1v) is 9.18. The van der Waals surface area contributed by atoms with Crippen LogP contribution in [0.15, 0.2) is 53.5 Å². The molecule has 0 aliphatic heterocycles. The van der Waals surface area contributed by atoms with Gasteiger partial charge in [0.1, 0.15) is 11.5 Å². The van der Waals surface area contributed by atoms with Crippen LogP contribution in [0, 0.1) is 0 Å². The average molecular weight is 537 g/mol. The van der Waals surface area contributed by atoms with Gasteiger partial charge >= 0.3 is 6.18 Å². The Morgan fingerprint density at radius 2 is 1.73 bits per heavy atom. The highest BCUT2D eigenvalue weighted by Crippen LogP contribution is 2.25. The summed E-state index contributed by atoms with van der Waals surface area (Å²) < 4.78 is 46.7. The molecule has 2 N–H and O–H groups in total. The first kappa shape index (κ1) is 25.9. The largest absolute Gasteiger partial charge is 0.496 e. The molecule has 0 radical (unpaired) electrons. The quantitative estimate of drug-likeness (QED) is 0.291. The van der Waals surface area contributed by atoms with E-state index in [4.69, 9.17) is 9.47 Å². The van der Waals surface area contributed by atoms with Gasteiger partial charge in [-0.15, -0.1) is 24.0 Å². The highest BCUT2D eigenvalue weighted by atomic mass is 127. The summed E-state index contributed by atoms with van der Waals surface area (Å²) >= 11 is 0. The van der Waals surface area contributed by atoms with Gasteiger partial charge in [-0.2, -0.15) is 13.2 Å². The van der Waals surface area contributed by atoms with Crippen molar-refractivity contribution in [1.29, 1.82) is 0 Å². The topological polar surface area (TPSA) is 54.9 Å². The number of hydrogen-bond acceptors (Lipinski definition) is 3. The number of rotatable bonds is 8. The number of aliphatic imine (C=N–C) groups is 1. The Bertz CT molecular complexity index is 799. The van der Waals surface area contributed by atoms with Crippen molar-refractivity contribution in [3.8, 4) is 11.5 Å². The maximum Gasteiger partial charge on any atom is 0.422 e. The predicted molar refractivity (Wildman–Crippen MR) is 123 cm³/mol. The van der Waals surface area contributed by atoms with Crippen molar-refractivity contribution in [1.82, 2.24) is 10.6 Å². The number of methoxy groups -OCH3 is 1. The fourth-order valence-corrected chi connectivity index (χ4v) is 2.71. The molecule has 5 nitrogen and oxygen atoms in total. The van der Waals surface area contributed by atoms with Crippen LogP contribution in [0.3, 0.4) is 0 Å². The first-order valence-electron chi connectivity index (χ1n) is 9.18. The molecule has 2 rings (SSSR count). The zero-order valence-electron chi connectivity index (χ0n) is 17.1. The van der Waals surface area contributed by atoms with Crippen LogP contribution in [0.5, 0.6) is 11.5 Å². The molecule has 1 unspecified atom stereocenters. The molecule has 0 saturated heterocycles. The van der Waals surface area contributed by atoms with Crippen LogP contribution in [0.1, 0.15) is 24.0 Å². The number of guanidine groups is 1. The van der Waals surface area contributed by atoms with Gasteiger partial charge in [-0.3, -0.25) is 4.99 Å². The van der Waals surface area contributed by atoms with Gasteiger partial charge < -0.3 is 20.1 Å². The highest BCUT2D eigenvalue weighted by molar-refractivity contribution is 14.0. The number of ether oxygens (including phenoxy) is 2. The van der Waals surface area contributed by atoms with Crippen LogP contribution < -0.4 is 20.1 Å². The Hall–Kier alpha value is -2.17. The number of nitrogens with zero attached hydrogens (tertiary/aromatic N) is 1. The van der Waals surface area contributed by atoms with Crippen molar-refractivity contribution < 1.29 is 22.6 Å². The molecule has 0 aliphatic carbocycles. The number of nitrogens with one attached hydrogen (secondary N) is 2. The number of benzene rings is 2. The van der Waals surface area contributed by atoms with E-state index in [1.807, 2.05) is 24.3 Å². The van der Waals surface area contributed by atoms with Gasteiger partial charge in [-0.25, -0.2) is 0 Å². The van der Waals surface area contributed by atoms with Crippen molar-refractivity contribution in [3.63, 3.8) is 0 Å². The molecule has 2 aromatic rings. The fraction of sp³-hybridized carbons (Fsp3) is 0.381. The number of halogens is 4. The van der Waals surface area contributed by atoms with Gasteiger partial charge in [-0.1, -0.05) is 37.3 Å². The van der Waals surface area contributed by atoms with Crippen molar-refractivity contribution in [2.75, 3.05) is 27.3 Å². The lowest BCUT2D eigenvalue weighted by atomic mass is 10.0.